The van der Waals surface area contributed by atoms with Crippen molar-refractivity contribution in [3.63, 3.8) is 0 Å². The number of aromatic nitrogens is 2. The second kappa shape index (κ2) is 9.02. The highest BCUT2D eigenvalue weighted by Gasteiger charge is 2.16. The zero-order valence-corrected chi connectivity index (χ0v) is 16.1. The molecule has 1 heterocycles. The summed E-state index contributed by atoms with van der Waals surface area (Å²) < 4.78 is 1.79. The van der Waals surface area contributed by atoms with E-state index in [-0.39, 0.29) is 11.9 Å². The van der Waals surface area contributed by atoms with Gasteiger partial charge in [-0.05, 0) is 35.2 Å². The highest BCUT2D eigenvalue weighted by Crippen LogP contribution is 2.19. The monoisotopic (exact) mass is 381 g/mol. The van der Waals surface area contributed by atoms with Crippen LogP contribution in [0.5, 0.6) is 0 Å². The summed E-state index contributed by atoms with van der Waals surface area (Å²) in [4.78, 5) is 12.8. The van der Waals surface area contributed by atoms with Crippen molar-refractivity contribution in [3.8, 4) is 5.69 Å². The van der Waals surface area contributed by atoms with Crippen LogP contribution in [0.2, 0.25) is 0 Å². The molecule has 29 heavy (non-hydrogen) atoms. The highest BCUT2D eigenvalue weighted by atomic mass is 16.1. The fourth-order valence-electron chi connectivity index (χ4n) is 3.39. The van der Waals surface area contributed by atoms with Gasteiger partial charge in [0.25, 0.3) is 0 Å². The van der Waals surface area contributed by atoms with Gasteiger partial charge in [-0.3, -0.25) is 4.79 Å². The van der Waals surface area contributed by atoms with Gasteiger partial charge in [0, 0.05) is 6.20 Å². The van der Waals surface area contributed by atoms with Crippen molar-refractivity contribution < 1.29 is 4.79 Å². The standard InChI is InChI=1S/C25H23N3O/c29-25(17-21-18-26-28(19-21)23-14-8-3-9-15-23)27-24(22-12-6-2-7-13-22)16-20-10-4-1-5-11-20/h1-15,18-19,24H,16-17H2,(H,27,29)/t24-/m1/s1. The summed E-state index contributed by atoms with van der Waals surface area (Å²) in [6.07, 6.45) is 4.70. The van der Waals surface area contributed by atoms with E-state index >= 15 is 0 Å². The molecule has 0 fully saturated rings. The van der Waals surface area contributed by atoms with E-state index in [0.29, 0.717) is 6.42 Å². The average Bonchev–Trinajstić information content (AvgIpc) is 3.24. The smallest absolute Gasteiger partial charge is 0.225 e. The molecule has 4 heteroatoms. The Labute approximate surface area is 170 Å². The normalized spacial score (nSPS) is 11.7. The molecule has 3 aromatic carbocycles. The van der Waals surface area contributed by atoms with Gasteiger partial charge in [-0.15, -0.1) is 0 Å². The van der Waals surface area contributed by atoms with E-state index in [1.54, 1.807) is 10.9 Å². The molecule has 0 spiro atoms. The van der Waals surface area contributed by atoms with Crippen LogP contribution < -0.4 is 5.32 Å². The second-order valence-electron chi connectivity index (χ2n) is 7.03. The number of benzene rings is 3. The van der Waals surface area contributed by atoms with Gasteiger partial charge in [0.05, 0.1) is 24.3 Å². The number of rotatable bonds is 7. The summed E-state index contributed by atoms with van der Waals surface area (Å²) in [6, 6.07) is 30.2. The number of carbonyl (C=O) groups is 1. The van der Waals surface area contributed by atoms with Gasteiger partial charge in [-0.25, -0.2) is 4.68 Å². The maximum absolute atomic E-state index is 12.8. The first-order valence-electron chi connectivity index (χ1n) is 9.75. The van der Waals surface area contributed by atoms with Gasteiger partial charge in [0.15, 0.2) is 0 Å². The molecule has 4 aromatic rings. The predicted octanol–water partition coefficient (Wildman–Crippen LogP) is 4.52. The number of amides is 1. The molecule has 1 N–H and O–H groups in total. The van der Waals surface area contributed by atoms with Crippen LogP contribution in [0.1, 0.15) is 22.7 Å². The third kappa shape index (κ3) is 4.99. The molecule has 4 rings (SSSR count). The maximum Gasteiger partial charge on any atom is 0.225 e. The van der Waals surface area contributed by atoms with E-state index in [4.69, 9.17) is 0 Å². The minimum Gasteiger partial charge on any atom is -0.349 e. The fourth-order valence-corrected chi connectivity index (χ4v) is 3.39. The van der Waals surface area contributed by atoms with Crippen LogP contribution in [-0.2, 0) is 17.6 Å². The van der Waals surface area contributed by atoms with Crippen molar-refractivity contribution in [3.05, 3.63) is 120 Å². The third-order valence-electron chi connectivity index (χ3n) is 4.84. The molecular formula is C25H23N3O. The Morgan fingerprint density at radius 3 is 2.14 bits per heavy atom. The Hall–Kier alpha value is -3.66. The molecule has 4 nitrogen and oxygen atoms in total. The largest absolute Gasteiger partial charge is 0.349 e. The summed E-state index contributed by atoms with van der Waals surface area (Å²) in [5.74, 6) is -0.0117. The van der Waals surface area contributed by atoms with E-state index < -0.39 is 0 Å². The summed E-state index contributed by atoms with van der Waals surface area (Å²) in [7, 11) is 0. The molecule has 1 atom stereocenters. The molecule has 1 amide bonds. The summed E-state index contributed by atoms with van der Waals surface area (Å²) in [5, 5.41) is 7.58. The van der Waals surface area contributed by atoms with E-state index in [1.807, 2.05) is 72.9 Å². The van der Waals surface area contributed by atoms with Crippen LogP contribution >= 0.6 is 0 Å². The zero-order chi connectivity index (χ0) is 19.9. The van der Waals surface area contributed by atoms with Crippen molar-refractivity contribution in [2.75, 3.05) is 0 Å². The number of para-hydroxylation sites is 1. The molecule has 0 aliphatic rings. The van der Waals surface area contributed by atoms with Crippen LogP contribution in [0.3, 0.4) is 0 Å². The van der Waals surface area contributed by atoms with E-state index in [9.17, 15) is 4.79 Å². The van der Waals surface area contributed by atoms with E-state index in [0.717, 1.165) is 23.2 Å². The quantitative estimate of drug-likeness (QED) is 0.512. The Balaban J connectivity index is 1.46. The van der Waals surface area contributed by atoms with Crippen molar-refractivity contribution in [2.45, 2.75) is 18.9 Å². The van der Waals surface area contributed by atoms with Crippen molar-refractivity contribution in [2.24, 2.45) is 0 Å². The lowest BCUT2D eigenvalue weighted by Crippen LogP contribution is -2.31. The molecule has 0 saturated carbocycles. The number of carbonyl (C=O) groups excluding carboxylic acids is 1. The maximum atomic E-state index is 12.8. The molecule has 1 aromatic heterocycles. The number of nitrogens with one attached hydrogen (secondary N) is 1. The lowest BCUT2D eigenvalue weighted by molar-refractivity contribution is -0.121. The topological polar surface area (TPSA) is 46.9 Å². The molecule has 0 aliphatic heterocycles. The van der Waals surface area contributed by atoms with Crippen molar-refractivity contribution in [1.29, 1.82) is 0 Å². The third-order valence-corrected chi connectivity index (χ3v) is 4.84. The number of hydrogen-bond acceptors (Lipinski definition) is 2. The average molecular weight is 381 g/mol. The molecule has 0 saturated heterocycles. The molecule has 0 bridgehead atoms. The number of hydrogen-bond donors (Lipinski definition) is 1. The Morgan fingerprint density at radius 1 is 0.828 bits per heavy atom. The van der Waals surface area contributed by atoms with Crippen LogP contribution in [0.4, 0.5) is 0 Å². The fraction of sp³-hybridized carbons (Fsp3) is 0.120. The summed E-state index contributed by atoms with van der Waals surface area (Å²) >= 11 is 0. The van der Waals surface area contributed by atoms with Crippen molar-refractivity contribution in [1.82, 2.24) is 15.1 Å². The highest BCUT2D eigenvalue weighted by molar-refractivity contribution is 5.79. The van der Waals surface area contributed by atoms with E-state index in [2.05, 4.69) is 34.7 Å². The number of nitrogens with zero attached hydrogens (tertiary/aromatic N) is 2. The molecule has 0 unspecified atom stereocenters. The SMILES string of the molecule is O=C(Cc1cnn(-c2ccccc2)c1)N[C@H](Cc1ccccc1)c1ccccc1. The van der Waals surface area contributed by atoms with E-state index in [1.165, 1.54) is 5.56 Å². The van der Waals surface area contributed by atoms with Gasteiger partial charge >= 0.3 is 0 Å². The molecule has 0 aliphatic carbocycles. The lowest BCUT2D eigenvalue weighted by Gasteiger charge is -2.19. The Bertz CT molecular complexity index is 1040. The molecule has 0 radical (unpaired) electrons. The first kappa shape index (κ1) is 18.7. The lowest BCUT2D eigenvalue weighted by atomic mass is 9.98. The first-order chi connectivity index (χ1) is 14.3. The minimum absolute atomic E-state index is 0.0117. The van der Waals surface area contributed by atoms with Crippen LogP contribution in [0, 0.1) is 0 Å². The van der Waals surface area contributed by atoms with Gasteiger partial charge in [-0.2, -0.15) is 5.10 Å². The predicted molar refractivity (Wildman–Crippen MR) is 115 cm³/mol. The molecule has 144 valence electrons. The van der Waals surface area contributed by atoms with Gasteiger partial charge in [-0.1, -0.05) is 78.9 Å². The minimum atomic E-state index is -0.0738. The van der Waals surface area contributed by atoms with Crippen LogP contribution in [-0.4, -0.2) is 15.7 Å². The van der Waals surface area contributed by atoms with Crippen LogP contribution in [0.15, 0.2) is 103 Å². The Morgan fingerprint density at radius 2 is 1.45 bits per heavy atom. The van der Waals surface area contributed by atoms with Gasteiger partial charge in [0.1, 0.15) is 0 Å². The van der Waals surface area contributed by atoms with Crippen molar-refractivity contribution >= 4 is 5.91 Å². The van der Waals surface area contributed by atoms with Crippen LogP contribution in [0.25, 0.3) is 5.69 Å². The summed E-state index contributed by atoms with van der Waals surface area (Å²) in [5.41, 5.74) is 4.16. The molecular weight excluding hydrogens is 358 g/mol. The zero-order valence-electron chi connectivity index (χ0n) is 16.1. The summed E-state index contributed by atoms with van der Waals surface area (Å²) in [6.45, 7) is 0. The van der Waals surface area contributed by atoms with Gasteiger partial charge in [0.2, 0.25) is 5.91 Å². The Kier molecular flexibility index (Phi) is 5.81. The first-order valence-corrected chi connectivity index (χ1v) is 9.75. The van der Waals surface area contributed by atoms with Gasteiger partial charge < -0.3 is 5.32 Å². The second-order valence-corrected chi connectivity index (χ2v) is 7.03.